The fourth-order valence-electron chi connectivity index (χ4n) is 8.06. The normalized spacial score (nSPS) is 11.9. The molecular weight excluding hydrogens is 639 g/mol. The summed E-state index contributed by atoms with van der Waals surface area (Å²) >= 11 is 1.88. The summed E-state index contributed by atoms with van der Waals surface area (Å²) < 4.78 is 9.49. The monoisotopic (exact) mass is 667 g/mol. The van der Waals surface area contributed by atoms with Crippen LogP contribution in [0.1, 0.15) is 0 Å². The van der Waals surface area contributed by atoms with Gasteiger partial charge in [-0.05, 0) is 81.0 Å². The van der Waals surface area contributed by atoms with Crippen molar-refractivity contribution in [3.05, 3.63) is 176 Å². The van der Waals surface area contributed by atoms with Crippen LogP contribution in [0.2, 0.25) is 0 Å². The summed E-state index contributed by atoms with van der Waals surface area (Å²) in [5.74, 6) is 0. The summed E-state index contributed by atoms with van der Waals surface area (Å²) in [6.07, 6.45) is 0. The molecule has 0 bridgehead atoms. The second kappa shape index (κ2) is 11.0. The van der Waals surface area contributed by atoms with E-state index in [1.807, 2.05) is 11.3 Å². The molecule has 51 heavy (non-hydrogen) atoms. The fraction of sp³-hybridized carbons (Fsp3) is 0. The Morgan fingerprint density at radius 2 is 1.02 bits per heavy atom. The van der Waals surface area contributed by atoms with Gasteiger partial charge in [-0.15, -0.1) is 11.3 Å². The van der Waals surface area contributed by atoms with Crippen LogP contribution in [0.3, 0.4) is 0 Å². The zero-order valence-corrected chi connectivity index (χ0v) is 28.3. The second-order valence-corrected chi connectivity index (χ2v) is 14.3. The maximum absolute atomic E-state index is 6.87. The van der Waals surface area contributed by atoms with Crippen molar-refractivity contribution in [2.24, 2.45) is 0 Å². The maximum Gasteiger partial charge on any atom is 0.143 e. The van der Waals surface area contributed by atoms with Gasteiger partial charge < -0.3 is 9.32 Å². The van der Waals surface area contributed by atoms with Crippen LogP contribution in [0, 0.1) is 0 Å². The first-order chi connectivity index (χ1) is 25.3. The van der Waals surface area contributed by atoms with E-state index in [9.17, 15) is 0 Å². The molecule has 11 rings (SSSR count). The van der Waals surface area contributed by atoms with E-state index < -0.39 is 0 Å². The first-order valence-electron chi connectivity index (χ1n) is 17.3. The Morgan fingerprint density at radius 3 is 1.76 bits per heavy atom. The van der Waals surface area contributed by atoms with Crippen LogP contribution in [0.5, 0.6) is 0 Å². The summed E-state index contributed by atoms with van der Waals surface area (Å²) in [6, 6.07) is 63.7. The summed E-state index contributed by atoms with van der Waals surface area (Å²) in [7, 11) is 0. The molecule has 0 saturated carbocycles. The molecule has 2 aromatic heterocycles. The van der Waals surface area contributed by atoms with Gasteiger partial charge in [0.05, 0.1) is 11.1 Å². The number of rotatable bonds is 4. The van der Waals surface area contributed by atoms with Crippen molar-refractivity contribution in [2.45, 2.75) is 0 Å². The lowest BCUT2D eigenvalue weighted by Gasteiger charge is -2.27. The molecule has 0 fully saturated rings. The Hall–Kier alpha value is -6.42. The van der Waals surface area contributed by atoms with E-state index in [2.05, 4.69) is 181 Å². The van der Waals surface area contributed by atoms with Crippen LogP contribution in [0.25, 0.3) is 85.6 Å². The standard InChI is InChI=1S/C48H29NOS/c1-3-13-32-27-34(25-23-30(32)11-1)49(35-26-24-31-12-2-4-14-33(31)28-35)43-20-10-21-44-46(43)42-29-41(36-15-5-6-17-38(36)47(42)50-44)40-19-9-18-39-37-16-7-8-22-45(37)51-48(39)40/h1-29H. The summed E-state index contributed by atoms with van der Waals surface area (Å²) in [4.78, 5) is 2.40. The number of hydrogen-bond donors (Lipinski definition) is 0. The molecule has 238 valence electrons. The number of anilines is 3. The van der Waals surface area contributed by atoms with Crippen molar-refractivity contribution >= 4 is 103 Å². The molecule has 0 N–H and O–H groups in total. The van der Waals surface area contributed by atoms with Crippen LogP contribution < -0.4 is 4.90 Å². The van der Waals surface area contributed by atoms with Crippen molar-refractivity contribution in [3.8, 4) is 11.1 Å². The van der Waals surface area contributed by atoms with E-state index in [-0.39, 0.29) is 0 Å². The third-order valence-electron chi connectivity index (χ3n) is 10.4. The summed E-state index contributed by atoms with van der Waals surface area (Å²) in [6.45, 7) is 0. The number of hydrogen-bond acceptors (Lipinski definition) is 3. The number of nitrogens with zero attached hydrogens (tertiary/aromatic N) is 1. The minimum Gasteiger partial charge on any atom is -0.455 e. The molecule has 2 heterocycles. The van der Waals surface area contributed by atoms with Gasteiger partial charge in [0.2, 0.25) is 0 Å². The van der Waals surface area contributed by atoms with E-state index in [1.165, 1.54) is 58.2 Å². The Kier molecular flexibility index (Phi) is 6.16. The summed E-state index contributed by atoms with van der Waals surface area (Å²) in [5.41, 5.74) is 7.53. The number of fused-ring (bicyclic) bond motifs is 10. The topological polar surface area (TPSA) is 16.4 Å². The maximum atomic E-state index is 6.87. The van der Waals surface area contributed by atoms with Crippen LogP contribution in [0.4, 0.5) is 17.1 Å². The Bertz CT molecular complexity index is 3090. The highest BCUT2D eigenvalue weighted by Crippen LogP contribution is 2.48. The zero-order valence-electron chi connectivity index (χ0n) is 27.5. The van der Waals surface area contributed by atoms with Gasteiger partial charge >= 0.3 is 0 Å². The van der Waals surface area contributed by atoms with Crippen LogP contribution in [-0.2, 0) is 0 Å². The van der Waals surface area contributed by atoms with E-state index in [1.54, 1.807) is 0 Å². The quantitative estimate of drug-likeness (QED) is 0.186. The van der Waals surface area contributed by atoms with E-state index >= 15 is 0 Å². The molecule has 0 radical (unpaired) electrons. The first kappa shape index (κ1) is 28.4. The van der Waals surface area contributed by atoms with Gasteiger partial charge in [0.15, 0.2) is 0 Å². The zero-order chi connectivity index (χ0) is 33.5. The van der Waals surface area contributed by atoms with Gasteiger partial charge in [0.25, 0.3) is 0 Å². The highest BCUT2D eigenvalue weighted by atomic mass is 32.1. The highest BCUT2D eigenvalue weighted by molar-refractivity contribution is 7.26. The lowest BCUT2D eigenvalue weighted by molar-refractivity contribution is 0.672. The molecule has 3 heteroatoms. The molecule has 0 saturated heterocycles. The lowest BCUT2D eigenvalue weighted by Crippen LogP contribution is -2.10. The Morgan fingerprint density at radius 1 is 0.412 bits per heavy atom. The smallest absolute Gasteiger partial charge is 0.143 e. The predicted octanol–water partition coefficient (Wildman–Crippen LogP) is 14.6. The molecule has 0 spiro atoms. The van der Waals surface area contributed by atoms with Gasteiger partial charge in [-0.2, -0.15) is 0 Å². The molecule has 11 aromatic rings. The molecule has 9 aromatic carbocycles. The predicted molar refractivity (Wildman–Crippen MR) is 219 cm³/mol. The van der Waals surface area contributed by atoms with Crippen LogP contribution in [0.15, 0.2) is 180 Å². The van der Waals surface area contributed by atoms with Crippen LogP contribution >= 0.6 is 11.3 Å². The molecule has 0 aliphatic heterocycles. The fourth-order valence-corrected chi connectivity index (χ4v) is 9.29. The van der Waals surface area contributed by atoms with Crippen molar-refractivity contribution in [3.63, 3.8) is 0 Å². The lowest BCUT2D eigenvalue weighted by atomic mass is 9.94. The third kappa shape index (κ3) is 4.35. The minimum absolute atomic E-state index is 0.872. The van der Waals surface area contributed by atoms with Gasteiger partial charge in [0.1, 0.15) is 11.2 Å². The minimum atomic E-state index is 0.872. The number of furan rings is 1. The number of thiophene rings is 1. The van der Waals surface area contributed by atoms with E-state index in [0.29, 0.717) is 0 Å². The van der Waals surface area contributed by atoms with Gasteiger partial charge in [-0.3, -0.25) is 0 Å². The van der Waals surface area contributed by atoms with Gasteiger partial charge in [-0.1, -0.05) is 127 Å². The van der Waals surface area contributed by atoms with Gasteiger partial charge in [0, 0.05) is 47.9 Å². The van der Waals surface area contributed by atoms with Gasteiger partial charge in [-0.25, -0.2) is 0 Å². The Labute approximate surface area is 298 Å². The van der Waals surface area contributed by atoms with Crippen molar-refractivity contribution in [2.75, 3.05) is 4.90 Å². The molecule has 0 atom stereocenters. The van der Waals surface area contributed by atoms with E-state index in [4.69, 9.17) is 4.42 Å². The van der Waals surface area contributed by atoms with Crippen molar-refractivity contribution < 1.29 is 4.42 Å². The van der Waals surface area contributed by atoms with Crippen LogP contribution in [-0.4, -0.2) is 0 Å². The number of benzene rings is 9. The third-order valence-corrected chi connectivity index (χ3v) is 11.6. The average Bonchev–Trinajstić information content (AvgIpc) is 3.77. The SMILES string of the molecule is c1ccc2cc(N(c3ccc4ccccc4c3)c3cccc4oc5c6ccccc6c(-c6cccc7c6sc6ccccc67)cc5c34)ccc2c1. The molecule has 2 nitrogen and oxygen atoms in total. The largest absolute Gasteiger partial charge is 0.455 e. The van der Waals surface area contributed by atoms with Crippen molar-refractivity contribution in [1.29, 1.82) is 0 Å². The molecule has 0 unspecified atom stereocenters. The van der Waals surface area contributed by atoms with Crippen molar-refractivity contribution in [1.82, 2.24) is 0 Å². The molecule has 0 amide bonds. The molecule has 0 aliphatic rings. The molecular formula is C48H29NOS. The highest BCUT2D eigenvalue weighted by Gasteiger charge is 2.23. The Balaban J connectivity index is 1.23. The summed E-state index contributed by atoms with van der Waals surface area (Å²) in [5, 5.41) is 12.0. The van der Waals surface area contributed by atoms with E-state index in [0.717, 1.165) is 44.4 Å². The first-order valence-corrected chi connectivity index (χ1v) is 18.2. The average molecular weight is 668 g/mol. The molecule has 0 aliphatic carbocycles. The second-order valence-electron chi connectivity index (χ2n) is 13.3.